The Morgan fingerprint density at radius 3 is 2.67 bits per heavy atom. The summed E-state index contributed by atoms with van der Waals surface area (Å²) in [6.45, 7) is 8.08. The molecule has 2 aromatic heterocycles. The molecule has 13 heteroatoms. The summed E-state index contributed by atoms with van der Waals surface area (Å²) in [5.74, 6) is 0.698. The molecule has 49 heavy (non-hydrogen) atoms. The van der Waals surface area contributed by atoms with Crippen molar-refractivity contribution in [2.75, 3.05) is 50.1 Å². The lowest BCUT2D eigenvalue weighted by Gasteiger charge is -2.39. The number of nitrogens with zero attached hydrogens (tertiary/aromatic N) is 5. The highest BCUT2D eigenvalue weighted by molar-refractivity contribution is 5.92. The number of hydrogen-bond donors (Lipinski definition) is 3. The number of benzene rings is 1. The van der Waals surface area contributed by atoms with Gasteiger partial charge < -0.3 is 25.4 Å². The zero-order chi connectivity index (χ0) is 35.1. The van der Waals surface area contributed by atoms with Crippen molar-refractivity contribution in [3.8, 4) is 18.4 Å². The number of carbonyl (C=O) groups is 1. The Morgan fingerprint density at radius 1 is 1.24 bits per heavy atom. The quantitative estimate of drug-likeness (QED) is 0.205. The van der Waals surface area contributed by atoms with Crippen molar-refractivity contribution >= 4 is 34.1 Å². The number of alkyl halides is 1. The minimum Gasteiger partial charge on any atom is -0.461 e. The molecule has 3 aromatic rings. The molecule has 0 spiro atoms. The number of aromatic nitrogens is 3. The Labute approximate surface area is 284 Å². The molecule has 1 aliphatic carbocycles. The molecule has 3 N–H and O–H groups in total. The van der Waals surface area contributed by atoms with Crippen LogP contribution < -0.4 is 20.3 Å². The van der Waals surface area contributed by atoms with Crippen molar-refractivity contribution in [2.45, 2.75) is 69.7 Å². The number of anilines is 3. The summed E-state index contributed by atoms with van der Waals surface area (Å²) in [5.41, 5.74) is -1.59. The average Bonchev–Trinajstić information content (AvgIpc) is 3.64. The van der Waals surface area contributed by atoms with Gasteiger partial charge in [0.1, 0.15) is 29.9 Å². The molecule has 1 saturated heterocycles. The fourth-order valence-electron chi connectivity index (χ4n) is 7.44. The number of halogens is 3. The van der Waals surface area contributed by atoms with Gasteiger partial charge in [-0.1, -0.05) is 31.4 Å². The molecular formula is C36H42F3N7O3. The van der Waals surface area contributed by atoms with Crippen LogP contribution in [0.1, 0.15) is 57.1 Å². The monoisotopic (exact) mass is 677 g/mol. The minimum absolute atomic E-state index is 0.0547. The zero-order valence-corrected chi connectivity index (χ0v) is 28.1. The number of likely N-dealkylation sites (N-methyl/N-ethyl adjacent to an activating group) is 1. The summed E-state index contributed by atoms with van der Waals surface area (Å²) in [6.07, 6.45) is 11.5. The second-order valence-corrected chi connectivity index (χ2v) is 14.3. The van der Waals surface area contributed by atoms with Gasteiger partial charge in [0.05, 0.1) is 34.3 Å². The van der Waals surface area contributed by atoms with E-state index in [0.717, 1.165) is 25.7 Å². The molecule has 3 aliphatic rings. The first-order valence-electron chi connectivity index (χ1n) is 16.5. The number of ether oxygens (including phenoxy) is 1. The van der Waals surface area contributed by atoms with Crippen LogP contribution in [0.4, 0.5) is 30.5 Å². The van der Waals surface area contributed by atoms with E-state index in [1.54, 1.807) is 6.92 Å². The smallest absolute Gasteiger partial charge is 0.319 e. The molecule has 1 aromatic carbocycles. The maximum absolute atomic E-state index is 16.9. The van der Waals surface area contributed by atoms with E-state index in [2.05, 4.69) is 38.1 Å². The summed E-state index contributed by atoms with van der Waals surface area (Å²) in [4.78, 5) is 28.9. The van der Waals surface area contributed by atoms with Gasteiger partial charge in [0.15, 0.2) is 11.6 Å². The second-order valence-electron chi connectivity index (χ2n) is 14.3. The zero-order valence-electron chi connectivity index (χ0n) is 28.1. The first-order chi connectivity index (χ1) is 23.3. The Morgan fingerprint density at radius 2 is 2.00 bits per heavy atom. The van der Waals surface area contributed by atoms with Crippen LogP contribution in [-0.2, 0) is 11.2 Å². The van der Waals surface area contributed by atoms with E-state index in [1.807, 2.05) is 18.9 Å². The largest absolute Gasteiger partial charge is 0.461 e. The lowest BCUT2D eigenvalue weighted by atomic mass is 9.86. The van der Waals surface area contributed by atoms with E-state index in [-0.39, 0.29) is 83.7 Å². The fraction of sp³-hybridized carbons (Fsp3) is 0.500. The lowest BCUT2D eigenvalue weighted by Crippen LogP contribution is -2.45. The summed E-state index contributed by atoms with van der Waals surface area (Å²) < 4.78 is 52.2. The molecule has 2 aliphatic heterocycles. The maximum Gasteiger partial charge on any atom is 0.319 e. The third kappa shape index (κ3) is 6.76. The Hall–Kier alpha value is -4.41. The molecule has 260 valence electrons. The molecule has 1 amide bonds. The summed E-state index contributed by atoms with van der Waals surface area (Å²) in [6, 6.07) is 2.64. The van der Waals surface area contributed by atoms with Crippen LogP contribution in [0.25, 0.3) is 10.9 Å². The first-order valence-corrected chi connectivity index (χ1v) is 16.5. The Balaban J connectivity index is 1.42. The van der Waals surface area contributed by atoms with Gasteiger partial charge in [-0.2, -0.15) is 9.97 Å². The summed E-state index contributed by atoms with van der Waals surface area (Å²) >= 11 is 0. The number of β-amino-alcohol motifs (C(OH)–C–C–N with tert-alkyl or cyclic N) is 1. The van der Waals surface area contributed by atoms with E-state index in [4.69, 9.17) is 11.2 Å². The van der Waals surface area contributed by atoms with E-state index in [0.29, 0.717) is 18.7 Å². The van der Waals surface area contributed by atoms with Crippen LogP contribution in [0.2, 0.25) is 0 Å². The van der Waals surface area contributed by atoms with Gasteiger partial charge in [0, 0.05) is 44.1 Å². The number of likely N-dealkylation sites (tertiary alicyclic amines) is 1. The van der Waals surface area contributed by atoms with Crippen molar-refractivity contribution in [1.29, 1.82) is 0 Å². The average molecular weight is 678 g/mol. The molecule has 0 bridgehead atoms. The Kier molecular flexibility index (Phi) is 9.23. The number of terminal acetylenes is 1. The molecule has 2 fully saturated rings. The first kappa shape index (κ1) is 34.5. The number of carbonyl (C=O) groups excluding carboxylic acids is 1. The van der Waals surface area contributed by atoms with Gasteiger partial charge in [-0.3, -0.25) is 9.69 Å². The van der Waals surface area contributed by atoms with E-state index in [1.165, 1.54) is 29.3 Å². The number of nitrogens with one attached hydrogen (secondary N) is 2. The fourth-order valence-corrected chi connectivity index (χ4v) is 7.44. The Bertz CT molecular complexity index is 1820. The number of pyridine rings is 1. The van der Waals surface area contributed by atoms with Gasteiger partial charge in [-0.05, 0) is 51.4 Å². The molecule has 0 unspecified atom stereocenters. The van der Waals surface area contributed by atoms with Crippen molar-refractivity contribution < 1.29 is 27.8 Å². The third-order valence-corrected chi connectivity index (χ3v) is 10.3. The summed E-state index contributed by atoms with van der Waals surface area (Å²) in [5, 5.41) is 17.7. The number of aliphatic hydroxyl groups is 1. The molecule has 1 saturated carbocycles. The SMILES string of the molecule is C#Cc1c(F)ccc2c1N(c1ncc3c(NCC4(CNC(=O)C=C)CCCC4)nc(OC[C@]4(C)C[C@@H](F)CN4C)nc3c1F)C[C@@](C)(O)C2. The molecule has 0 radical (unpaired) electrons. The van der Waals surface area contributed by atoms with Gasteiger partial charge in [0.25, 0.3) is 0 Å². The lowest BCUT2D eigenvalue weighted by molar-refractivity contribution is -0.116. The highest BCUT2D eigenvalue weighted by atomic mass is 19.1. The van der Waals surface area contributed by atoms with E-state index >= 15 is 4.39 Å². The minimum atomic E-state index is -1.31. The van der Waals surface area contributed by atoms with Crippen LogP contribution >= 0.6 is 0 Å². The standard InChI is InChI=1S/C36H42F3N7O3/c1-6-24-26(38)11-10-22-14-35(4,48)20-46(30(22)24)32-28(39)29-25(16-40-32)31(42-19-36(12-8-9-13-36)18-41-27(47)7-2)44-33(43-29)49-21-34(3)15-23(37)17-45(34)5/h1,7,10-11,16,23,48H,2,8-9,12-15,17-21H2,3-5H3,(H,41,47)(H,42,43,44)/t23-,34+,35+/m1/s1. The topological polar surface area (TPSA) is 116 Å². The van der Waals surface area contributed by atoms with E-state index in [9.17, 15) is 18.7 Å². The maximum atomic E-state index is 16.9. The van der Waals surface area contributed by atoms with Crippen molar-refractivity contribution in [2.24, 2.45) is 5.41 Å². The van der Waals surface area contributed by atoms with Crippen molar-refractivity contribution in [3.63, 3.8) is 0 Å². The predicted octanol–water partition coefficient (Wildman–Crippen LogP) is 4.82. The third-order valence-electron chi connectivity index (χ3n) is 10.3. The highest BCUT2D eigenvalue weighted by Gasteiger charge is 2.42. The van der Waals surface area contributed by atoms with Gasteiger partial charge in [0.2, 0.25) is 5.91 Å². The van der Waals surface area contributed by atoms with E-state index < -0.39 is 28.9 Å². The molecule has 10 nitrogen and oxygen atoms in total. The van der Waals surface area contributed by atoms with Gasteiger partial charge in [-0.15, -0.1) is 6.42 Å². The number of hydrogen-bond acceptors (Lipinski definition) is 9. The normalized spacial score (nSPS) is 24.8. The van der Waals surface area contributed by atoms with Crippen LogP contribution in [0.3, 0.4) is 0 Å². The summed E-state index contributed by atoms with van der Waals surface area (Å²) in [7, 11) is 1.82. The highest BCUT2D eigenvalue weighted by Crippen LogP contribution is 2.43. The molecule has 3 atom stereocenters. The van der Waals surface area contributed by atoms with Crippen LogP contribution in [0, 0.1) is 29.4 Å². The van der Waals surface area contributed by atoms with Gasteiger partial charge >= 0.3 is 6.01 Å². The molecule has 6 rings (SSSR count). The van der Waals surface area contributed by atoms with Crippen LogP contribution in [-0.4, -0.2) is 88.0 Å². The van der Waals surface area contributed by atoms with Crippen LogP contribution in [0.5, 0.6) is 6.01 Å². The van der Waals surface area contributed by atoms with Crippen molar-refractivity contribution in [3.05, 3.63) is 53.7 Å². The van der Waals surface area contributed by atoms with Crippen LogP contribution in [0.15, 0.2) is 31.0 Å². The van der Waals surface area contributed by atoms with Crippen molar-refractivity contribution in [1.82, 2.24) is 25.2 Å². The van der Waals surface area contributed by atoms with Gasteiger partial charge in [-0.25, -0.2) is 18.2 Å². The second kappa shape index (κ2) is 13.1. The predicted molar refractivity (Wildman–Crippen MR) is 182 cm³/mol. The molecule has 4 heterocycles. The number of fused-ring (bicyclic) bond motifs is 2. The number of rotatable bonds is 10. The number of amides is 1. The molecular weight excluding hydrogens is 635 g/mol.